The summed E-state index contributed by atoms with van der Waals surface area (Å²) in [6.45, 7) is 4.49. The number of aromatic nitrogens is 2. The van der Waals surface area contributed by atoms with Gasteiger partial charge in [0, 0.05) is 26.1 Å². The molecule has 1 aliphatic heterocycles. The van der Waals surface area contributed by atoms with Gasteiger partial charge in [-0.25, -0.2) is 0 Å². The molecule has 7 heteroatoms. The van der Waals surface area contributed by atoms with Crippen LogP contribution in [0.1, 0.15) is 42.7 Å². The summed E-state index contributed by atoms with van der Waals surface area (Å²) in [7, 11) is 2.05. The predicted molar refractivity (Wildman–Crippen MR) is 89.3 cm³/mol. The Morgan fingerprint density at radius 2 is 2.25 bits per heavy atom. The fourth-order valence-electron chi connectivity index (χ4n) is 2.79. The van der Waals surface area contributed by atoms with Gasteiger partial charge in [-0.2, -0.15) is 4.98 Å². The van der Waals surface area contributed by atoms with Crippen molar-refractivity contribution in [2.45, 2.75) is 25.4 Å². The molecular weight excluding hydrogens is 306 g/mol. The Hall–Kier alpha value is -2.25. The van der Waals surface area contributed by atoms with E-state index in [0.29, 0.717) is 18.1 Å². The number of nitrogens with zero attached hydrogens (tertiary/aromatic N) is 3. The highest BCUT2D eigenvalue weighted by molar-refractivity contribution is 5.76. The molecule has 2 heterocycles. The third-order valence-electron chi connectivity index (χ3n) is 4.27. The van der Waals surface area contributed by atoms with Crippen molar-refractivity contribution in [1.29, 1.82) is 0 Å². The molecule has 24 heavy (non-hydrogen) atoms. The second kappa shape index (κ2) is 7.55. The first-order valence-corrected chi connectivity index (χ1v) is 8.27. The average molecular weight is 329 g/mol. The van der Waals surface area contributed by atoms with E-state index in [-0.39, 0.29) is 11.9 Å². The molecular formula is C17H23N5O2. The maximum absolute atomic E-state index is 11.9. The van der Waals surface area contributed by atoms with Crippen LogP contribution in [-0.4, -0.2) is 47.6 Å². The molecule has 0 radical (unpaired) electrons. The first kappa shape index (κ1) is 16.6. The van der Waals surface area contributed by atoms with Crippen molar-refractivity contribution in [1.82, 2.24) is 25.7 Å². The van der Waals surface area contributed by atoms with Crippen LogP contribution in [0.3, 0.4) is 0 Å². The number of carbonyl (C=O) groups excluding carboxylic acids is 1. The van der Waals surface area contributed by atoms with Gasteiger partial charge in [-0.1, -0.05) is 42.4 Å². The van der Waals surface area contributed by atoms with E-state index in [1.54, 1.807) is 0 Å². The summed E-state index contributed by atoms with van der Waals surface area (Å²) < 4.78 is 5.50. The van der Waals surface area contributed by atoms with E-state index in [0.717, 1.165) is 25.2 Å². The predicted octanol–water partition coefficient (Wildman–Crippen LogP) is 1.26. The molecule has 1 saturated heterocycles. The molecule has 1 aromatic carbocycles. The van der Waals surface area contributed by atoms with Gasteiger partial charge >= 0.3 is 0 Å². The minimum atomic E-state index is -0.429. The summed E-state index contributed by atoms with van der Waals surface area (Å²) in [6.07, 6.45) is 0.402. The molecule has 128 valence electrons. The zero-order valence-electron chi connectivity index (χ0n) is 14.0. The maximum atomic E-state index is 11.9. The lowest BCUT2D eigenvalue weighted by Gasteiger charge is -2.30. The van der Waals surface area contributed by atoms with Gasteiger partial charge in [0.1, 0.15) is 6.04 Å². The number of hydrogen-bond acceptors (Lipinski definition) is 6. The van der Waals surface area contributed by atoms with E-state index in [9.17, 15) is 4.79 Å². The van der Waals surface area contributed by atoms with Gasteiger partial charge in [0.15, 0.2) is 5.82 Å². The van der Waals surface area contributed by atoms with Crippen molar-refractivity contribution >= 4 is 5.91 Å². The van der Waals surface area contributed by atoms with Gasteiger partial charge in [0.2, 0.25) is 5.91 Å². The number of amides is 1. The molecule has 0 spiro atoms. The molecule has 1 aromatic heterocycles. The molecule has 1 fully saturated rings. The summed E-state index contributed by atoms with van der Waals surface area (Å²) in [5.74, 6) is 1.00. The van der Waals surface area contributed by atoms with Crippen LogP contribution in [0.25, 0.3) is 0 Å². The van der Waals surface area contributed by atoms with Gasteiger partial charge in [0.25, 0.3) is 5.89 Å². The molecule has 0 aliphatic carbocycles. The van der Waals surface area contributed by atoms with E-state index in [1.807, 2.05) is 37.3 Å². The SMILES string of the molecule is CCC(=O)NC(c1ccccc1)c1nc(C2CNCCN2C)no1. The number of benzene rings is 1. The second-order valence-corrected chi connectivity index (χ2v) is 5.96. The molecule has 2 atom stereocenters. The highest BCUT2D eigenvalue weighted by Crippen LogP contribution is 2.24. The lowest BCUT2D eigenvalue weighted by molar-refractivity contribution is -0.121. The smallest absolute Gasteiger partial charge is 0.253 e. The van der Waals surface area contributed by atoms with E-state index < -0.39 is 6.04 Å². The van der Waals surface area contributed by atoms with E-state index in [4.69, 9.17) is 4.52 Å². The second-order valence-electron chi connectivity index (χ2n) is 5.96. The third kappa shape index (κ3) is 3.63. The molecule has 1 aliphatic rings. The topological polar surface area (TPSA) is 83.3 Å². The van der Waals surface area contributed by atoms with Crippen LogP contribution >= 0.6 is 0 Å². The minimum absolute atomic E-state index is 0.0555. The monoisotopic (exact) mass is 329 g/mol. The Morgan fingerprint density at radius 1 is 1.46 bits per heavy atom. The molecule has 1 amide bonds. The average Bonchev–Trinajstić information content (AvgIpc) is 3.10. The molecule has 2 unspecified atom stereocenters. The van der Waals surface area contributed by atoms with Crippen molar-refractivity contribution in [2.75, 3.05) is 26.7 Å². The van der Waals surface area contributed by atoms with Crippen LogP contribution in [-0.2, 0) is 4.79 Å². The summed E-state index contributed by atoms with van der Waals surface area (Å²) in [4.78, 5) is 18.7. The first-order valence-electron chi connectivity index (χ1n) is 8.27. The Labute approximate surface area is 141 Å². The van der Waals surface area contributed by atoms with Gasteiger partial charge in [-0.15, -0.1) is 0 Å². The maximum Gasteiger partial charge on any atom is 0.253 e. The minimum Gasteiger partial charge on any atom is -0.341 e. The van der Waals surface area contributed by atoms with E-state index in [1.165, 1.54) is 0 Å². The van der Waals surface area contributed by atoms with Gasteiger partial charge in [0.05, 0.1) is 6.04 Å². The number of piperazine rings is 1. The van der Waals surface area contributed by atoms with Gasteiger partial charge < -0.3 is 15.2 Å². The van der Waals surface area contributed by atoms with Crippen LogP contribution in [0.15, 0.2) is 34.9 Å². The van der Waals surface area contributed by atoms with Crippen LogP contribution in [0.5, 0.6) is 0 Å². The Kier molecular flexibility index (Phi) is 5.22. The molecule has 2 aromatic rings. The molecule has 0 bridgehead atoms. The van der Waals surface area contributed by atoms with E-state index >= 15 is 0 Å². The highest BCUT2D eigenvalue weighted by Gasteiger charge is 2.28. The van der Waals surface area contributed by atoms with E-state index in [2.05, 4.69) is 32.7 Å². The number of hydrogen-bond donors (Lipinski definition) is 2. The van der Waals surface area contributed by atoms with Gasteiger partial charge in [-0.3, -0.25) is 9.69 Å². The van der Waals surface area contributed by atoms with Crippen LogP contribution < -0.4 is 10.6 Å². The zero-order chi connectivity index (χ0) is 16.9. The number of likely N-dealkylation sites (N-methyl/N-ethyl adjacent to an activating group) is 1. The molecule has 7 nitrogen and oxygen atoms in total. The van der Waals surface area contributed by atoms with Crippen molar-refractivity contribution in [3.05, 3.63) is 47.6 Å². The molecule has 0 saturated carbocycles. The van der Waals surface area contributed by atoms with Crippen LogP contribution in [0.2, 0.25) is 0 Å². The zero-order valence-corrected chi connectivity index (χ0v) is 14.0. The third-order valence-corrected chi connectivity index (χ3v) is 4.27. The largest absolute Gasteiger partial charge is 0.341 e. The van der Waals surface area contributed by atoms with Crippen molar-refractivity contribution in [3.8, 4) is 0 Å². The van der Waals surface area contributed by atoms with Gasteiger partial charge in [-0.05, 0) is 12.6 Å². The Morgan fingerprint density at radius 3 is 2.96 bits per heavy atom. The van der Waals surface area contributed by atoms with Crippen molar-refractivity contribution < 1.29 is 9.32 Å². The van der Waals surface area contributed by atoms with Crippen molar-refractivity contribution in [3.63, 3.8) is 0 Å². The Balaban J connectivity index is 1.86. The van der Waals surface area contributed by atoms with Crippen molar-refractivity contribution in [2.24, 2.45) is 0 Å². The summed E-state index contributed by atoms with van der Waals surface area (Å²) in [6, 6.07) is 9.32. The summed E-state index contributed by atoms with van der Waals surface area (Å²) in [5.41, 5.74) is 0.921. The Bertz CT molecular complexity index is 673. The quantitative estimate of drug-likeness (QED) is 0.859. The lowest BCUT2D eigenvalue weighted by atomic mass is 10.1. The fourth-order valence-corrected chi connectivity index (χ4v) is 2.79. The van der Waals surface area contributed by atoms with Crippen LogP contribution in [0.4, 0.5) is 0 Å². The molecule has 3 rings (SSSR count). The first-order chi connectivity index (χ1) is 11.7. The standard InChI is InChI=1S/C17H23N5O2/c1-3-14(23)19-15(12-7-5-4-6-8-12)17-20-16(21-24-17)13-11-18-9-10-22(13)2/h4-8,13,15,18H,3,9-11H2,1-2H3,(H,19,23). The fraction of sp³-hybridized carbons (Fsp3) is 0.471. The highest BCUT2D eigenvalue weighted by atomic mass is 16.5. The summed E-state index contributed by atoms with van der Waals surface area (Å²) in [5, 5.41) is 10.5. The lowest BCUT2D eigenvalue weighted by Crippen LogP contribution is -2.44. The number of rotatable bonds is 5. The molecule has 2 N–H and O–H groups in total. The normalized spacial score (nSPS) is 19.8. The summed E-state index contributed by atoms with van der Waals surface area (Å²) >= 11 is 0. The number of nitrogens with one attached hydrogen (secondary N) is 2. The van der Waals surface area contributed by atoms with Crippen LogP contribution in [0, 0.1) is 0 Å². The number of carbonyl (C=O) groups is 1.